The van der Waals surface area contributed by atoms with Crippen molar-refractivity contribution in [1.29, 1.82) is 5.26 Å². The summed E-state index contributed by atoms with van der Waals surface area (Å²) in [7, 11) is 0. The Labute approximate surface area is 113 Å². The SMILES string of the molecule is N#Cc1ccc(NC(=O)CCCCl)cc1C(F)(F)F. The van der Waals surface area contributed by atoms with Gasteiger partial charge in [-0.3, -0.25) is 4.79 Å². The molecule has 1 aromatic rings. The number of alkyl halides is 4. The molecular weight excluding hydrogens is 281 g/mol. The maximum Gasteiger partial charge on any atom is 0.417 e. The fourth-order valence-corrected chi connectivity index (χ4v) is 1.54. The molecule has 0 aliphatic rings. The van der Waals surface area contributed by atoms with Crippen LogP contribution in [0.1, 0.15) is 24.0 Å². The van der Waals surface area contributed by atoms with E-state index in [1.807, 2.05) is 0 Å². The summed E-state index contributed by atoms with van der Waals surface area (Å²) in [4.78, 5) is 11.4. The second kappa shape index (κ2) is 6.43. The number of benzene rings is 1. The van der Waals surface area contributed by atoms with Gasteiger partial charge in [0.15, 0.2) is 0 Å². The molecule has 0 bridgehead atoms. The molecule has 0 fully saturated rings. The third kappa shape index (κ3) is 4.45. The Bertz CT molecular complexity index is 509. The van der Waals surface area contributed by atoms with Crippen LogP contribution in [-0.4, -0.2) is 11.8 Å². The molecule has 1 rings (SSSR count). The predicted octanol–water partition coefficient (Wildman–Crippen LogP) is 3.53. The van der Waals surface area contributed by atoms with Crippen molar-refractivity contribution in [2.75, 3.05) is 11.2 Å². The van der Waals surface area contributed by atoms with Crippen molar-refractivity contribution in [2.45, 2.75) is 19.0 Å². The second-order valence-corrected chi connectivity index (χ2v) is 4.09. The van der Waals surface area contributed by atoms with E-state index in [9.17, 15) is 18.0 Å². The topological polar surface area (TPSA) is 52.9 Å². The summed E-state index contributed by atoms with van der Waals surface area (Å²) in [5, 5.41) is 11.0. The van der Waals surface area contributed by atoms with Gasteiger partial charge >= 0.3 is 6.18 Å². The molecule has 102 valence electrons. The van der Waals surface area contributed by atoms with Gasteiger partial charge in [-0.1, -0.05) is 0 Å². The number of hydrogen-bond acceptors (Lipinski definition) is 2. The minimum Gasteiger partial charge on any atom is -0.326 e. The van der Waals surface area contributed by atoms with Gasteiger partial charge in [-0.25, -0.2) is 0 Å². The van der Waals surface area contributed by atoms with Crippen LogP contribution in [0.15, 0.2) is 18.2 Å². The lowest BCUT2D eigenvalue weighted by atomic mass is 10.1. The van der Waals surface area contributed by atoms with Gasteiger partial charge in [-0.2, -0.15) is 18.4 Å². The van der Waals surface area contributed by atoms with Crippen LogP contribution in [0.5, 0.6) is 0 Å². The van der Waals surface area contributed by atoms with Crippen molar-refractivity contribution in [1.82, 2.24) is 0 Å². The normalized spacial score (nSPS) is 10.9. The van der Waals surface area contributed by atoms with E-state index in [2.05, 4.69) is 5.32 Å². The van der Waals surface area contributed by atoms with Crippen LogP contribution < -0.4 is 5.32 Å². The van der Waals surface area contributed by atoms with Gasteiger partial charge in [0.1, 0.15) is 0 Å². The van der Waals surface area contributed by atoms with Gasteiger partial charge in [0.05, 0.1) is 17.2 Å². The highest BCUT2D eigenvalue weighted by molar-refractivity contribution is 6.18. The number of nitriles is 1. The molecule has 3 nitrogen and oxygen atoms in total. The standard InChI is InChI=1S/C12H10ClF3N2O/c13-5-1-2-11(19)18-9-4-3-8(7-17)10(6-9)12(14,15)16/h3-4,6H,1-2,5H2,(H,18,19). The molecule has 0 saturated carbocycles. The predicted molar refractivity (Wildman–Crippen MR) is 64.7 cm³/mol. The minimum atomic E-state index is -4.64. The summed E-state index contributed by atoms with van der Waals surface area (Å²) in [6, 6.07) is 4.50. The zero-order valence-corrected chi connectivity index (χ0v) is 10.5. The molecule has 7 heteroatoms. The molecule has 0 radical (unpaired) electrons. The molecule has 0 spiro atoms. The van der Waals surface area contributed by atoms with Crippen LogP contribution in [-0.2, 0) is 11.0 Å². The Morgan fingerprint density at radius 2 is 2.11 bits per heavy atom. The monoisotopic (exact) mass is 290 g/mol. The molecule has 1 amide bonds. The van der Waals surface area contributed by atoms with Gasteiger partial charge in [0.2, 0.25) is 5.91 Å². The van der Waals surface area contributed by atoms with E-state index in [-0.39, 0.29) is 12.1 Å². The number of halogens is 4. The quantitative estimate of drug-likeness (QED) is 0.862. The van der Waals surface area contributed by atoms with Gasteiger partial charge in [-0.05, 0) is 24.6 Å². The fraction of sp³-hybridized carbons (Fsp3) is 0.333. The number of rotatable bonds is 4. The Balaban J connectivity index is 2.94. The number of anilines is 1. The average Bonchev–Trinajstić information content (AvgIpc) is 2.35. The van der Waals surface area contributed by atoms with E-state index >= 15 is 0 Å². The first kappa shape index (κ1) is 15.3. The molecule has 19 heavy (non-hydrogen) atoms. The first-order valence-corrected chi connectivity index (χ1v) is 5.89. The van der Waals surface area contributed by atoms with Gasteiger partial charge in [0, 0.05) is 18.0 Å². The lowest BCUT2D eigenvalue weighted by Crippen LogP contribution is -2.13. The molecule has 0 atom stereocenters. The van der Waals surface area contributed by atoms with Crippen molar-refractivity contribution in [3.8, 4) is 6.07 Å². The van der Waals surface area contributed by atoms with Crippen molar-refractivity contribution in [3.05, 3.63) is 29.3 Å². The Morgan fingerprint density at radius 3 is 2.63 bits per heavy atom. The number of carbonyl (C=O) groups is 1. The molecule has 0 unspecified atom stereocenters. The molecule has 0 saturated heterocycles. The molecule has 0 aromatic heterocycles. The fourth-order valence-electron chi connectivity index (χ4n) is 1.40. The third-order valence-electron chi connectivity index (χ3n) is 2.27. The molecule has 0 heterocycles. The van der Waals surface area contributed by atoms with Crippen LogP contribution in [0.3, 0.4) is 0 Å². The third-order valence-corrected chi connectivity index (χ3v) is 2.53. The van der Waals surface area contributed by atoms with Crippen molar-refractivity contribution >= 4 is 23.2 Å². The summed E-state index contributed by atoms with van der Waals surface area (Å²) >= 11 is 5.41. The van der Waals surface area contributed by atoms with Crippen LogP contribution in [0, 0.1) is 11.3 Å². The molecule has 1 N–H and O–H groups in total. The molecule has 0 aliphatic heterocycles. The van der Waals surface area contributed by atoms with E-state index in [1.165, 1.54) is 12.1 Å². The Hall–Kier alpha value is -1.74. The highest BCUT2D eigenvalue weighted by atomic mass is 35.5. The largest absolute Gasteiger partial charge is 0.417 e. The maximum absolute atomic E-state index is 12.7. The number of amides is 1. The highest BCUT2D eigenvalue weighted by Crippen LogP contribution is 2.33. The number of nitrogens with zero attached hydrogens (tertiary/aromatic N) is 1. The second-order valence-electron chi connectivity index (χ2n) is 3.71. The summed E-state index contributed by atoms with van der Waals surface area (Å²) in [5.74, 6) is -0.118. The number of hydrogen-bond donors (Lipinski definition) is 1. The number of nitrogens with one attached hydrogen (secondary N) is 1. The first-order valence-electron chi connectivity index (χ1n) is 5.35. The van der Waals surface area contributed by atoms with Crippen LogP contribution in [0.25, 0.3) is 0 Å². The summed E-state index contributed by atoms with van der Waals surface area (Å²) in [6.45, 7) is 0. The maximum atomic E-state index is 12.7. The summed E-state index contributed by atoms with van der Waals surface area (Å²) < 4.78 is 38.0. The van der Waals surface area contributed by atoms with Crippen molar-refractivity contribution in [2.24, 2.45) is 0 Å². The van der Waals surface area contributed by atoms with Crippen molar-refractivity contribution in [3.63, 3.8) is 0 Å². The Kier molecular flexibility index (Phi) is 5.19. The Morgan fingerprint density at radius 1 is 1.42 bits per heavy atom. The van der Waals surface area contributed by atoms with E-state index in [0.717, 1.165) is 12.1 Å². The summed E-state index contributed by atoms with van der Waals surface area (Å²) in [6.07, 6.45) is -4.07. The zero-order valence-electron chi connectivity index (χ0n) is 9.72. The first-order chi connectivity index (χ1) is 8.88. The van der Waals surface area contributed by atoms with Crippen LogP contribution >= 0.6 is 11.6 Å². The van der Waals surface area contributed by atoms with Crippen molar-refractivity contribution < 1.29 is 18.0 Å². The van der Waals surface area contributed by atoms with E-state index in [4.69, 9.17) is 16.9 Å². The lowest BCUT2D eigenvalue weighted by Gasteiger charge is -2.11. The van der Waals surface area contributed by atoms with Crippen LogP contribution in [0.2, 0.25) is 0 Å². The van der Waals surface area contributed by atoms with E-state index < -0.39 is 23.2 Å². The minimum absolute atomic E-state index is 0.00546. The number of carbonyl (C=O) groups excluding carboxylic acids is 1. The highest BCUT2D eigenvalue weighted by Gasteiger charge is 2.33. The van der Waals surface area contributed by atoms with Gasteiger partial charge in [-0.15, -0.1) is 11.6 Å². The van der Waals surface area contributed by atoms with Gasteiger partial charge < -0.3 is 5.32 Å². The van der Waals surface area contributed by atoms with Crippen LogP contribution in [0.4, 0.5) is 18.9 Å². The molecular formula is C12H10ClF3N2O. The van der Waals surface area contributed by atoms with E-state index in [0.29, 0.717) is 12.3 Å². The zero-order chi connectivity index (χ0) is 14.5. The van der Waals surface area contributed by atoms with Gasteiger partial charge in [0.25, 0.3) is 0 Å². The van der Waals surface area contributed by atoms with E-state index in [1.54, 1.807) is 0 Å². The lowest BCUT2D eigenvalue weighted by molar-refractivity contribution is -0.137. The summed E-state index contributed by atoms with van der Waals surface area (Å²) in [5.41, 5.74) is -1.54. The molecule has 1 aromatic carbocycles. The molecule has 0 aliphatic carbocycles. The smallest absolute Gasteiger partial charge is 0.326 e. The average molecular weight is 291 g/mol.